The van der Waals surface area contributed by atoms with Gasteiger partial charge in [-0.1, -0.05) is 19.9 Å². The fraction of sp³-hybridized carbons (Fsp3) is 0.630. The zero-order valence-electron chi connectivity index (χ0n) is 20.6. The van der Waals surface area contributed by atoms with Crippen LogP contribution in [0.5, 0.6) is 0 Å². The number of carbonyl (C=O) groups excluding carboxylic acids is 2. The summed E-state index contributed by atoms with van der Waals surface area (Å²) >= 11 is 0. The molecule has 0 aromatic heterocycles. The highest BCUT2D eigenvalue weighted by atomic mass is 19.4. The van der Waals surface area contributed by atoms with Gasteiger partial charge in [-0.15, -0.1) is 0 Å². The molecule has 0 saturated heterocycles. The third-order valence-corrected chi connectivity index (χ3v) is 9.91. The summed E-state index contributed by atoms with van der Waals surface area (Å²) in [6, 6.07) is 1.18. The first kappa shape index (κ1) is 26.1. The van der Waals surface area contributed by atoms with Crippen LogP contribution < -0.4 is 10.6 Å². The van der Waals surface area contributed by atoms with Crippen molar-refractivity contribution < 1.29 is 35.9 Å². The van der Waals surface area contributed by atoms with E-state index in [0.29, 0.717) is 42.9 Å². The highest BCUT2D eigenvalue weighted by Gasteiger charge is 2.61. The van der Waals surface area contributed by atoms with Gasteiger partial charge in [-0.25, -0.2) is 0 Å². The van der Waals surface area contributed by atoms with Crippen LogP contribution in [-0.2, 0) is 21.9 Å². The third-order valence-electron chi connectivity index (χ3n) is 9.91. The maximum Gasteiger partial charge on any atom is 0.418 e. The molecule has 0 unspecified atom stereocenters. The summed E-state index contributed by atoms with van der Waals surface area (Å²) in [5.74, 6) is -0.555. The lowest BCUT2D eigenvalue weighted by Gasteiger charge is -2.58. The van der Waals surface area contributed by atoms with Gasteiger partial charge < -0.3 is 10.6 Å². The van der Waals surface area contributed by atoms with Gasteiger partial charge in [-0.2, -0.15) is 26.3 Å². The van der Waals surface area contributed by atoms with Crippen LogP contribution in [-0.4, -0.2) is 17.9 Å². The predicted octanol–water partition coefficient (Wildman–Crippen LogP) is 6.58. The third kappa shape index (κ3) is 4.24. The monoisotopic (exact) mass is 528 g/mol. The largest absolute Gasteiger partial charge is 0.418 e. The Labute approximate surface area is 211 Å². The van der Waals surface area contributed by atoms with Crippen LogP contribution in [0.4, 0.5) is 32.0 Å². The second-order valence-electron chi connectivity index (χ2n) is 11.6. The standard InChI is InChI=1S/C27H30F6N2O2/c1-24-11-9-17-15(4-8-21-25(17,2)12-10-22(36)35-21)16(24)6-7-19(24)23(37)34-20-13-14(26(28,29)30)3-5-18(20)27(31,32)33/h3,5,10,12-13,15-17,19,21H,4,6-9,11H2,1-2H3,(H,34,37)(H,35,36)/t15-,16+,17+,19+,21-,24-,25+/m0/s1. The molecule has 4 nitrogen and oxygen atoms in total. The molecule has 1 aliphatic heterocycles. The maximum atomic E-state index is 13.6. The Kier molecular flexibility index (Phi) is 5.99. The molecule has 10 heteroatoms. The van der Waals surface area contributed by atoms with Crippen LogP contribution in [0.25, 0.3) is 0 Å². The zero-order valence-corrected chi connectivity index (χ0v) is 20.6. The Morgan fingerprint density at radius 3 is 2.38 bits per heavy atom. The summed E-state index contributed by atoms with van der Waals surface area (Å²) in [5, 5.41) is 5.33. The minimum absolute atomic E-state index is 0.0535. The predicted molar refractivity (Wildman–Crippen MR) is 124 cm³/mol. The van der Waals surface area contributed by atoms with E-state index in [1.54, 1.807) is 6.08 Å². The number of amides is 2. The van der Waals surface area contributed by atoms with Crippen LogP contribution in [0.2, 0.25) is 0 Å². The second-order valence-corrected chi connectivity index (χ2v) is 11.6. The molecule has 1 aromatic carbocycles. The molecule has 1 aromatic rings. The summed E-state index contributed by atoms with van der Waals surface area (Å²) in [5.41, 5.74) is -4.06. The Bertz CT molecular complexity index is 1140. The van der Waals surface area contributed by atoms with Crippen molar-refractivity contribution in [3.8, 4) is 0 Å². The molecule has 3 aliphatic carbocycles. The molecule has 3 fully saturated rings. The molecular formula is C27H30F6N2O2. The molecule has 37 heavy (non-hydrogen) atoms. The van der Waals surface area contributed by atoms with Crippen molar-refractivity contribution >= 4 is 17.5 Å². The number of alkyl halides is 6. The lowest BCUT2D eigenvalue weighted by atomic mass is 9.48. The first-order valence-corrected chi connectivity index (χ1v) is 12.7. The van der Waals surface area contributed by atoms with Gasteiger partial charge in [0.15, 0.2) is 0 Å². The SMILES string of the molecule is C[C@]12C=CC(=O)N[C@H]1CC[C@@H]1[C@H]2CC[C@]2(C)[C@@H](C(=O)Nc3cc(C(F)(F)F)ccc3C(F)(F)F)CC[C@H]12. The van der Waals surface area contributed by atoms with Crippen LogP contribution >= 0.6 is 0 Å². The van der Waals surface area contributed by atoms with E-state index in [1.807, 2.05) is 13.0 Å². The van der Waals surface area contributed by atoms with E-state index in [1.165, 1.54) is 0 Å². The molecule has 2 N–H and O–H groups in total. The van der Waals surface area contributed by atoms with E-state index < -0.39 is 46.4 Å². The van der Waals surface area contributed by atoms with Gasteiger partial charge in [-0.3, -0.25) is 9.59 Å². The average molecular weight is 529 g/mol. The molecule has 0 radical (unpaired) electrons. The van der Waals surface area contributed by atoms with E-state index >= 15 is 0 Å². The van der Waals surface area contributed by atoms with E-state index in [9.17, 15) is 35.9 Å². The van der Waals surface area contributed by atoms with E-state index in [2.05, 4.69) is 17.6 Å². The number of carbonyl (C=O) groups is 2. The molecule has 0 spiro atoms. The van der Waals surface area contributed by atoms with Crippen molar-refractivity contribution in [1.82, 2.24) is 5.32 Å². The van der Waals surface area contributed by atoms with Gasteiger partial charge in [0.2, 0.25) is 11.8 Å². The lowest BCUT2D eigenvalue weighted by Crippen LogP contribution is -2.59. The summed E-state index contributed by atoms with van der Waals surface area (Å²) in [7, 11) is 0. The highest BCUT2D eigenvalue weighted by Crippen LogP contribution is 2.65. The first-order chi connectivity index (χ1) is 17.1. The fourth-order valence-corrected chi connectivity index (χ4v) is 8.06. The average Bonchev–Trinajstić information content (AvgIpc) is 3.15. The normalized spacial score (nSPS) is 37.3. The van der Waals surface area contributed by atoms with Crippen molar-refractivity contribution in [1.29, 1.82) is 0 Å². The topological polar surface area (TPSA) is 58.2 Å². The number of anilines is 1. The minimum Gasteiger partial charge on any atom is -0.349 e. The minimum atomic E-state index is -4.91. The van der Waals surface area contributed by atoms with Gasteiger partial charge in [0.1, 0.15) is 0 Å². The van der Waals surface area contributed by atoms with Crippen molar-refractivity contribution in [2.45, 2.75) is 70.8 Å². The van der Waals surface area contributed by atoms with Gasteiger partial charge in [0.05, 0.1) is 16.8 Å². The van der Waals surface area contributed by atoms with Crippen molar-refractivity contribution in [3.05, 3.63) is 41.5 Å². The van der Waals surface area contributed by atoms with E-state index in [4.69, 9.17) is 0 Å². The smallest absolute Gasteiger partial charge is 0.349 e. The Hall–Kier alpha value is -2.52. The summed E-state index contributed by atoms with van der Waals surface area (Å²) in [6.07, 6.45) is -1.73. The molecule has 2 amide bonds. The quantitative estimate of drug-likeness (QED) is 0.427. The summed E-state index contributed by atoms with van der Waals surface area (Å²) < 4.78 is 80.4. The second kappa shape index (κ2) is 8.50. The summed E-state index contributed by atoms with van der Waals surface area (Å²) in [6.45, 7) is 4.17. The van der Waals surface area contributed by atoms with Crippen LogP contribution in [0.1, 0.15) is 63.5 Å². The first-order valence-electron chi connectivity index (χ1n) is 12.7. The van der Waals surface area contributed by atoms with Crippen molar-refractivity contribution in [3.63, 3.8) is 0 Å². The number of nitrogens with one attached hydrogen (secondary N) is 2. The molecule has 5 rings (SSSR count). The molecule has 0 bridgehead atoms. The maximum absolute atomic E-state index is 13.6. The molecule has 3 saturated carbocycles. The van der Waals surface area contributed by atoms with E-state index in [-0.39, 0.29) is 23.3 Å². The van der Waals surface area contributed by atoms with Crippen molar-refractivity contribution in [2.24, 2.45) is 34.5 Å². The van der Waals surface area contributed by atoms with Crippen LogP contribution in [0.15, 0.2) is 30.4 Å². The molecule has 202 valence electrons. The van der Waals surface area contributed by atoms with E-state index in [0.717, 1.165) is 25.7 Å². The Morgan fingerprint density at radius 1 is 0.973 bits per heavy atom. The fourth-order valence-electron chi connectivity index (χ4n) is 8.06. The Morgan fingerprint density at radius 2 is 1.70 bits per heavy atom. The number of rotatable bonds is 2. The van der Waals surface area contributed by atoms with Gasteiger partial charge in [0, 0.05) is 17.4 Å². The number of halogens is 6. The molecule has 7 atom stereocenters. The van der Waals surface area contributed by atoms with Gasteiger partial charge in [0.25, 0.3) is 0 Å². The number of benzene rings is 1. The lowest BCUT2D eigenvalue weighted by molar-refractivity contribution is -0.141. The van der Waals surface area contributed by atoms with Gasteiger partial charge in [-0.05, 0) is 86.0 Å². The van der Waals surface area contributed by atoms with Crippen LogP contribution in [0, 0.1) is 34.5 Å². The summed E-state index contributed by atoms with van der Waals surface area (Å²) in [4.78, 5) is 25.3. The highest BCUT2D eigenvalue weighted by molar-refractivity contribution is 5.94. The van der Waals surface area contributed by atoms with Gasteiger partial charge >= 0.3 is 12.4 Å². The van der Waals surface area contributed by atoms with Crippen molar-refractivity contribution in [2.75, 3.05) is 5.32 Å². The number of hydrogen-bond acceptors (Lipinski definition) is 2. The number of fused-ring (bicyclic) bond motifs is 5. The number of hydrogen-bond donors (Lipinski definition) is 2. The molecule has 1 heterocycles. The zero-order chi connectivity index (χ0) is 27.0. The molecular weight excluding hydrogens is 498 g/mol. The van der Waals surface area contributed by atoms with Crippen LogP contribution in [0.3, 0.4) is 0 Å². The molecule has 4 aliphatic rings. The Balaban J connectivity index is 1.40.